The van der Waals surface area contributed by atoms with Crippen LogP contribution in [-0.4, -0.2) is 32.1 Å². The first-order valence-corrected chi connectivity index (χ1v) is 5.65. The van der Waals surface area contributed by atoms with Crippen LogP contribution in [-0.2, 0) is 0 Å². The lowest BCUT2D eigenvalue weighted by Crippen LogP contribution is -2.29. The number of rotatable bonds is 5. The molecule has 0 bridgehead atoms. The molecule has 0 saturated heterocycles. The summed E-state index contributed by atoms with van der Waals surface area (Å²) in [6.07, 6.45) is 0. The van der Waals surface area contributed by atoms with Gasteiger partial charge >= 0.3 is 0 Å². The number of hydrogen-bond acceptors (Lipinski definition) is 3. The fraction of sp³-hybridized carbons (Fsp3) is 0.417. The summed E-state index contributed by atoms with van der Waals surface area (Å²) in [6.45, 7) is 1.39. The van der Waals surface area contributed by atoms with E-state index >= 15 is 0 Å². The highest BCUT2D eigenvalue weighted by molar-refractivity contribution is 6.30. The number of likely N-dealkylation sites (N-methyl/N-ethyl adjacent to an activating group) is 1. The Kier molecular flexibility index (Phi) is 5.36. The molecule has 92 valence electrons. The van der Waals surface area contributed by atoms with Crippen molar-refractivity contribution < 1.29 is 4.39 Å². The summed E-state index contributed by atoms with van der Waals surface area (Å²) in [6, 6.07) is 6.03. The predicted molar refractivity (Wildman–Crippen MR) is 66.3 cm³/mol. The van der Waals surface area contributed by atoms with Crippen LogP contribution in [0.2, 0.25) is 5.02 Å². The minimum absolute atomic E-state index is 0.0390. The molecule has 0 amide bonds. The number of nitrogens with one attached hydrogen (secondary N) is 1. The Balaban J connectivity index is 2.74. The van der Waals surface area contributed by atoms with Gasteiger partial charge < -0.3 is 4.90 Å². The minimum atomic E-state index is -0.673. The molecule has 0 aliphatic heterocycles. The third kappa shape index (κ3) is 3.97. The molecule has 1 unspecified atom stereocenters. The molecular formula is C12H15ClFN3. The van der Waals surface area contributed by atoms with Crippen LogP contribution < -0.4 is 5.32 Å². The van der Waals surface area contributed by atoms with E-state index < -0.39 is 11.9 Å². The van der Waals surface area contributed by atoms with Gasteiger partial charge in [-0.3, -0.25) is 5.32 Å². The van der Waals surface area contributed by atoms with Crippen LogP contribution in [0.1, 0.15) is 11.6 Å². The van der Waals surface area contributed by atoms with Crippen LogP contribution >= 0.6 is 11.6 Å². The molecule has 0 aliphatic carbocycles. The molecule has 1 aromatic rings. The lowest BCUT2D eigenvalue weighted by molar-refractivity contribution is 0.393. The summed E-state index contributed by atoms with van der Waals surface area (Å²) in [7, 11) is 3.87. The van der Waals surface area contributed by atoms with E-state index in [1.54, 1.807) is 12.1 Å². The minimum Gasteiger partial charge on any atom is -0.308 e. The molecule has 17 heavy (non-hydrogen) atoms. The second-order valence-corrected chi connectivity index (χ2v) is 4.37. The predicted octanol–water partition coefficient (Wildman–Crippen LogP) is 2.19. The molecule has 1 atom stereocenters. The van der Waals surface area contributed by atoms with Gasteiger partial charge in [0.2, 0.25) is 0 Å². The molecule has 5 heteroatoms. The largest absolute Gasteiger partial charge is 0.308 e. The van der Waals surface area contributed by atoms with Crippen molar-refractivity contribution in [3.8, 4) is 6.07 Å². The molecule has 0 aromatic heterocycles. The van der Waals surface area contributed by atoms with E-state index in [1.807, 2.05) is 25.1 Å². The van der Waals surface area contributed by atoms with E-state index in [-0.39, 0.29) is 5.02 Å². The number of hydrogen-bond donors (Lipinski definition) is 1. The van der Waals surface area contributed by atoms with Crippen molar-refractivity contribution in [3.63, 3.8) is 0 Å². The van der Waals surface area contributed by atoms with Gasteiger partial charge in [-0.05, 0) is 20.2 Å². The molecule has 0 aliphatic rings. The van der Waals surface area contributed by atoms with Gasteiger partial charge in [0.1, 0.15) is 11.9 Å². The highest BCUT2D eigenvalue weighted by Crippen LogP contribution is 2.22. The van der Waals surface area contributed by atoms with Crippen molar-refractivity contribution in [2.75, 3.05) is 27.2 Å². The quantitative estimate of drug-likeness (QED) is 0.877. The summed E-state index contributed by atoms with van der Waals surface area (Å²) in [5, 5.41) is 12.0. The Morgan fingerprint density at radius 1 is 1.53 bits per heavy atom. The molecular weight excluding hydrogens is 241 g/mol. The van der Waals surface area contributed by atoms with Crippen molar-refractivity contribution in [2.24, 2.45) is 0 Å². The van der Waals surface area contributed by atoms with Crippen LogP contribution in [0.15, 0.2) is 18.2 Å². The Labute approximate surface area is 106 Å². The average Bonchev–Trinajstić information content (AvgIpc) is 2.28. The zero-order valence-corrected chi connectivity index (χ0v) is 10.6. The maximum Gasteiger partial charge on any atom is 0.147 e. The molecule has 3 nitrogen and oxygen atoms in total. The number of halogens is 2. The van der Waals surface area contributed by atoms with Crippen LogP contribution in [0.25, 0.3) is 0 Å². The Hall–Kier alpha value is -1.15. The topological polar surface area (TPSA) is 39.1 Å². The van der Waals surface area contributed by atoms with Gasteiger partial charge in [-0.2, -0.15) is 5.26 Å². The normalized spacial score (nSPS) is 12.5. The number of benzene rings is 1. The van der Waals surface area contributed by atoms with Gasteiger partial charge in [-0.15, -0.1) is 0 Å². The van der Waals surface area contributed by atoms with Crippen molar-refractivity contribution >= 4 is 11.6 Å². The van der Waals surface area contributed by atoms with E-state index in [2.05, 4.69) is 5.32 Å². The summed E-state index contributed by atoms with van der Waals surface area (Å²) >= 11 is 5.68. The fourth-order valence-corrected chi connectivity index (χ4v) is 1.58. The summed E-state index contributed by atoms with van der Waals surface area (Å²) in [5.41, 5.74) is 0.291. The Bertz CT molecular complexity index is 415. The van der Waals surface area contributed by atoms with E-state index in [0.29, 0.717) is 12.1 Å². The van der Waals surface area contributed by atoms with Gasteiger partial charge in [-0.25, -0.2) is 4.39 Å². The zero-order valence-electron chi connectivity index (χ0n) is 9.87. The second kappa shape index (κ2) is 6.55. The Morgan fingerprint density at radius 2 is 2.24 bits per heavy atom. The molecule has 1 N–H and O–H groups in total. The van der Waals surface area contributed by atoms with Crippen LogP contribution in [0.5, 0.6) is 0 Å². The van der Waals surface area contributed by atoms with E-state index in [4.69, 9.17) is 16.9 Å². The third-order valence-electron chi connectivity index (χ3n) is 2.33. The summed E-state index contributed by atoms with van der Waals surface area (Å²) < 4.78 is 13.7. The summed E-state index contributed by atoms with van der Waals surface area (Å²) in [5.74, 6) is -0.530. The first-order chi connectivity index (χ1) is 8.06. The smallest absolute Gasteiger partial charge is 0.147 e. The molecule has 0 heterocycles. The standard InChI is InChI=1S/C12H15ClFN3/c1-17(2)7-6-16-11(8-15)9-4-3-5-10(13)12(9)14/h3-5,11,16H,6-7H2,1-2H3. The molecule has 0 fully saturated rings. The maximum absolute atomic E-state index is 13.7. The van der Waals surface area contributed by atoms with Gasteiger partial charge in [0.05, 0.1) is 11.1 Å². The van der Waals surface area contributed by atoms with E-state index in [9.17, 15) is 4.39 Å². The monoisotopic (exact) mass is 255 g/mol. The van der Waals surface area contributed by atoms with Crippen molar-refractivity contribution in [1.82, 2.24) is 10.2 Å². The second-order valence-electron chi connectivity index (χ2n) is 3.96. The van der Waals surface area contributed by atoms with Crippen LogP contribution in [0.3, 0.4) is 0 Å². The van der Waals surface area contributed by atoms with Gasteiger partial charge in [0.15, 0.2) is 0 Å². The molecule has 0 saturated carbocycles. The van der Waals surface area contributed by atoms with E-state index in [0.717, 1.165) is 6.54 Å². The molecule has 0 spiro atoms. The third-order valence-corrected chi connectivity index (χ3v) is 2.62. The molecule has 1 aromatic carbocycles. The first-order valence-electron chi connectivity index (χ1n) is 5.28. The van der Waals surface area contributed by atoms with Crippen molar-refractivity contribution in [2.45, 2.75) is 6.04 Å². The fourth-order valence-electron chi connectivity index (χ4n) is 1.40. The van der Waals surface area contributed by atoms with Gasteiger partial charge in [0, 0.05) is 18.7 Å². The maximum atomic E-state index is 13.7. The van der Waals surface area contributed by atoms with Crippen LogP contribution in [0.4, 0.5) is 4.39 Å². The Morgan fingerprint density at radius 3 is 2.82 bits per heavy atom. The summed E-state index contributed by atoms with van der Waals surface area (Å²) in [4.78, 5) is 1.98. The average molecular weight is 256 g/mol. The van der Waals surface area contributed by atoms with Crippen molar-refractivity contribution in [1.29, 1.82) is 5.26 Å². The number of nitrogens with zero attached hydrogens (tertiary/aromatic N) is 2. The van der Waals surface area contributed by atoms with E-state index in [1.165, 1.54) is 6.07 Å². The van der Waals surface area contributed by atoms with Gasteiger partial charge in [0.25, 0.3) is 0 Å². The first kappa shape index (κ1) is 13.9. The van der Waals surface area contributed by atoms with Crippen LogP contribution in [0, 0.1) is 17.1 Å². The lowest BCUT2D eigenvalue weighted by atomic mass is 10.1. The molecule has 0 radical (unpaired) electrons. The van der Waals surface area contributed by atoms with Crippen molar-refractivity contribution in [3.05, 3.63) is 34.6 Å². The zero-order chi connectivity index (χ0) is 12.8. The SMILES string of the molecule is CN(C)CCNC(C#N)c1cccc(Cl)c1F. The highest BCUT2D eigenvalue weighted by Gasteiger charge is 2.16. The highest BCUT2D eigenvalue weighted by atomic mass is 35.5. The lowest BCUT2D eigenvalue weighted by Gasteiger charge is -2.15. The van der Waals surface area contributed by atoms with Gasteiger partial charge in [-0.1, -0.05) is 23.7 Å². The number of nitriles is 1. The molecule has 1 rings (SSSR count).